The lowest BCUT2D eigenvalue weighted by molar-refractivity contribution is -0.384. The fourth-order valence-corrected chi connectivity index (χ4v) is 2.91. The molecule has 7 heteroatoms. The van der Waals surface area contributed by atoms with Crippen LogP contribution < -0.4 is 5.32 Å². The number of carbonyl (C=O) groups excluding carboxylic acids is 1. The summed E-state index contributed by atoms with van der Waals surface area (Å²) in [6.07, 6.45) is 0. The summed E-state index contributed by atoms with van der Waals surface area (Å²) < 4.78 is 5.74. The number of carbonyl (C=O) groups is 1. The summed E-state index contributed by atoms with van der Waals surface area (Å²) in [5.41, 5.74) is 3.76. The number of nitro benzene ring substituents is 1. The van der Waals surface area contributed by atoms with Gasteiger partial charge in [-0.1, -0.05) is 12.1 Å². The monoisotopic (exact) mass is 373 g/mol. The first-order chi connectivity index (χ1) is 13.5. The van der Waals surface area contributed by atoms with Gasteiger partial charge >= 0.3 is 0 Å². The van der Waals surface area contributed by atoms with Gasteiger partial charge in [-0.2, -0.15) is 0 Å². The van der Waals surface area contributed by atoms with E-state index in [1.165, 1.54) is 18.2 Å². The highest BCUT2D eigenvalue weighted by Gasteiger charge is 2.14. The molecule has 0 bridgehead atoms. The van der Waals surface area contributed by atoms with Crippen LogP contribution in [-0.4, -0.2) is 15.8 Å². The van der Waals surface area contributed by atoms with Gasteiger partial charge in [-0.25, -0.2) is 4.98 Å². The summed E-state index contributed by atoms with van der Waals surface area (Å²) >= 11 is 0. The lowest BCUT2D eigenvalue weighted by atomic mass is 10.1. The molecule has 0 unspecified atom stereocenters. The van der Waals surface area contributed by atoms with Crippen molar-refractivity contribution in [2.45, 2.75) is 6.92 Å². The van der Waals surface area contributed by atoms with Gasteiger partial charge in [-0.05, 0) is 55.0 Å². The Morgan fingerprint density at radius 1 is 1.07 bits per heavy atom. The number of oxazole rings is 1. The molecule has 0 saturated heterocycles. The number of amides is 1. The molecule has 1 amide bonds. The number of non-ortho nitro benzene ring substituents is 1. The molecular weight excluding hydrogens is 358 g/mol. The van der Waals surface area contributed by atoms with Gasteiger partial charge in [-0.3, -0.25) is 14.9 Å². The van der Waals surface area contributed by atoms with Crippen molar-refractivity contribution in [1.82, 2.24) is 4.98 Å². The highest BCUT2D eigenvalue weighted by molar-refractivity contribution is 6.05. The average molecular weight is 373 g/mol. The van der Waals surface area contributed by atoms with Gasteiger partial charge in [0.1, 0.15) is 5.52 Å². The van der Waals surface area contributed by atoms with Crippen LogP contribution in [0.3, 0.4) is 0 Å². The highest BCUT2D eigenvalue weighted by atomic mass is 16.6. The Morgan fingerprint density at radius 3 is 2.50 bits per heavy atom. The fraction of sp³-hybridized carbons (Fsp3) is 0.0476. The first-order valence-corrected chi connectivity index (χ1v) is 8.54. The zero-order valence-electron chi connectivity index (χ0n) is 14.9. The van der Waals surface area contributed by atoms with E-state index in [0.29, 0.717) is 28.3 Å². The highest BCUT2D eigenvalue weighted by Crippen LogP contribution is 2.25. The molecule has 0 atom stereocenters. The zero-order chi connectivity index (χ0) is 19.7. The molecular formula is C21H15N3O4. The third-order valence-electron chi connectivity index (χ3n) is 4.35. The summed E-state index contributed by atoms with van der Waals surface area (Å²) in [5.74, 6) is 0.173. The lowest BCUT2D eigenvalue weighted by Gasteiger charge is -2.08. The van der Waals surface area contributed by atoms with Crippen LogP contribution in [0.25, 0.3) is 22.6 Å². The summed E-state index contributed by atoms with van der Waals surface area (Å²) in [6.45, 7) is 1.66. The minimum Gasteiger partial charge on any atom is -0.436 e. The van der Waals surface area contributed by atoms with Crippen LogP contribution in [0.15, 0.2) is 71.1 Å². The van der Waals surface area contributed by atoms with Crippen LogP contribution in [0.1, 0.15) is 15.9 Å². The van der Waals surface area contributed by atoms with Crippen LogP contribution in [0.5, 0.6) is 0 Å². The minimum atomic E-state index is -0.487. The maximum Gasteiger partial charge on any atom is 0.269 e. The van der Waals surface area contributed by atoms with E-state index in [-0.39, 0.29) is 11.6 Å². The number of nitrogens with one attached hydrogen (secondary N) is 1. The Morgan fingerprint density at radius 2 is 1.82 bits per heavy atom. The van der Waals surface area contributed by atoms with Crippen molar-refractivity contribution >= 4 is 28.4 Å². The van der Waals surface area contributed by atoms with Crippen molar-refractivity contribution in [3.05, 3.63) is 88.0 Å². The lowest BCUT2D eigenvalue weighted by Crippen LogP contribution is -2.13. The maximum atomic E-state index is 12.5. The van der Waals surface area contributed by atoms with Gasteiger partial charge in [0.2, 0.25) is 5.89 Å². The number of hydrogen-bond donors (Lipinski definition) is 1. The molecule has 0 fully saturated rings. The van der Waals surface area contributed by atoms with E-state index in [2.05, 4.69) is 10.3 Å². The standard InChI is InChI=1S/C21H15N3O4/c1-13-12-16(24(26)27)10-11-17(13)20(25)22-15-8-6-14(7-9-15)21-23-18-4-2-3-5-19(18)28-21/h2-12H,1H3,(H,22,25). The SMILES string of the molecule is Cc1cc([N+](=O)[O-])ccc1C(=O)Nc1ccc(-c2nc3ccccc3o2)cc1. The minimum absolute atomic E-state index is 0.0447. The number of aromatic nitrogens is 1. The summed E-state index contributed by atoms with van der Waals surface area (Å²) in [5, 5.41) is 13.6. The average Bonchev–Trinajstić information content (AvgIpc) is 3.12. The predicted octanol–water partition coefficient (Wildman–Crippen LogP) is 4.96. The second-order valence-corrected chi connectivity index (χ2v) is 6.27. The summed E-state index contributed by atoms with van der Waals surface area (Å²) in [4.78, 5) is 27.3. The number of benzene rings is 3. The van der Waals surface area contributed by atoms with Crippen molar-refractivity contribution in [3.8, 4) is 11.5 Å². The second kappa shape index (κ2) is 6.96. The number of anilines is 1. The molecule has 4 rings (SSSR count). The zero-order valence-corrected chi connectivity index (χ0v) is 14.9. The van der Waals surface area contributed by atoms with Crippen molar-refractivity contribution < 1.29 is 14.1 Å². The molecule has 0 aliphatic carbocycles. The number of fused-ring (bicyclic) bond motifs is 1. The number of nitro groups is 1. The third-order valence-corrected chi connectivity index (χ3v) is 4.35. The van der Waals surface area contributed by atoms with Gasteiger partial charge in [0, 0.05) is 28.9 Å². The number of nitrogens with zero attached hydrogens (tertiary/aromatic N) is 2. The molecule has 1 heterocycles. The first kappa shape index (κ1) is 17.4. The number of hydrogen-bond acceptors (Lipinski definition) is 5. The number of rotatable bonds is 4. The molecule has 28 heavy (non-hydrogen) atoms. The quantitative estimate of drug-likeness (QED) is 0.402. The first-order valence-electron chi connectivity index (χ1n) is 8.54. The van der Waals surface area contributed by atoms with E-state index in [1.54, 1.807) is 19.1 Å². The van der Waals surface area contributed by atoms with Crippen LogP contribution in [0, 0.1) is 17.0 Å². The van der Waals surface area contributed by atoms with E-state index in [1.807, 2.05) is 36.4 Å². The molecule has 0 aliphatic heterocycles. The van der Waals surface area contributed by atoms with Crippen LogP contribution in [0.4, 0.5) is 11.4 Å². The molecule has 3 aromatic carbocycles. The third kappa shape index (κ3) is 3.33. The molecule has 7 nitrogen and oxygen atoms in total. The maximum absolute atomic E-state index is 12.5. The molecule has 0 radical (unpaired) electrons. The van der Waals surface area contributed by atoms with E-state index in [4.69, 9.17) is 4.42 Å². The molecule has 0 saturated carbocycles. The number of para-hydroxylation sites is 2. The van der Waals surface area contributed by atoms with E-state index >= 15 is 0 Å². The van der Waals surface area contributed by atoms with E-state index in [9.17, 15) is 14.9 Å². The summed E-state index contributed by atoms with van der Waals surface area (Å²) in [6, 6.07) is 18.8. The van der Waals surface area contributed by atoms with Crippen LogP contribution in [-0.2, 0) is 0 Å². The van der Waals surface area contributed by atoms with E-state index in [0.717, 1.165) is 11.1 Å². The molecule has 1 aromatic heterocycles. The molecule has 4 aromatic rings. The Bertz CT molecular complexity index is 1160. The van der Waals surface area contributed by atoms with Gasteiger partial charge in [0.25, 0.3) is 11.6 Å². The molecule has 1 N–H and O–H groups in total. The van der Waals surface area contributed by atoms with Crippen LogP contribution >= 0.6 is 0 Å². The van der Waals surface area contributed by atoms with Crippen molar-refractivity contribution in [2.24, 2.45) is 0 Å². The predicted molar refractivity (Wildman–Crippen MR) is 105 cm³/mol. The Balaban J connectivity index is 1.53. The van der Waals surface area contributed by atoms with Gasteiger partial charge in [0.15, 0.2) is 5.58 Å². The molecule has 0 aliphatic rings. The smallest absolute Gasteiger partial charge is 0.269 e. The fourth-order valence-electron chi connectivity index (χ4n) is 2.91. The molecule has 0 spiro atoms. The molecule has 138 valence electrons. The normalized spacial score (nSPS) is 10.8. The van der Waals surface area contributed by atoms with E-state index < -0.39 is 4.92 Å². The van der Waals surface area contributed by atoms with Crippen molar-refractivity contribution in [1.29, 1.82) is 0 Å². The topological polar surface area (TPSA) is 98.3 Å². The van der Waals surface area contributed by atoms with Gasteiger partial charge in [-0.15, -0.1) is 0 Å². The van der Waals surface area contributed by atoms with Gasteiger partial charge in [0.05, 0.1) is 4.92 Å². The van der Waals surface area contributed by atoms with Crippen molar-refractivity contribution in [2.75, 3.05) is 5.32 Å². The van der Waals surface area contributed by atoms with Crippen LogP contribution in [0.2, 0.25) is 0 Å². The number of aryl methyl sites for hydroxylation is 1. The Kier molecular flexibility index (Phi) is 4.33. The van der Waals surface area contributed by atoms with Crippen molar-refractivity contribution in [3.63, 3.8) is 0 Å². The second-order valence-electron chi connectivity index (χ2n) is 6.27. The Labute approximate surface area is 159 Å². The summed E-state index contributed by atoms with van der Waals surface area (Å²) in [7, 11) is 0. The van der Waals surface area contributed by atoms with Gasteiger partial charge < -0.3 is 9.73 Å². The Hall–Kier alpha value is -4.00. The largest absolute Gasteiger partial charge is 0.436 e.